The molecule has 1 aliphatic rings. The van der Waals surface area contributed by atoms with E-state index in [9.17, 15) is 4.79 Å². The van der Waals surface area contributed by atoms with Crippen molar-refractivity contribution in [3.05, 3.63) is 83.7 Å². The zero-order chi connectivity index (χ0) is 18.1. The summed E-state index contributed by atoms with van der Waals surface area (Å²) in [6, 6.07) is 21.7. The molecule has 5 heteroatoms. The third kappa shape index (κ3) is 2.92. The van der Waals surface area contributed by atoms with Crippen molar-refractivity contribution < 1.29 is 4.79 Å². The Morgan fingerprint density at radius 2 is 1.62 bits per heavy atom. The molecule has 0 radical (unpaired) electrons. The van der Waals surface area contributed by atoms with E-state index >= 15 is 0 Å². The topological polar surface area (TPSA) is 50.5 Å². The number of benzene rings is 2. The molecule has 1 aliphatic heterocycles. The molecule has 0 fully saturated rings. The lowest BCUT2D eigenvalue weighted by atomic mass is 9.99. The maximum atomic E-state index is 13.1. The highest BCUT2D eigenvalue weighted by molar-refractivity contribution is 6.18. The van der Waals surface area contributed by atoms with Crippen LogP contribution in [0.1, 0.15) is 29.8 Å². The number of carbonyl (C=O) groups excluding carboxylic acids is 1. The summed E-state index contributed by atoms with van der Waals surface area (Å²) in [4.78, 5) is 13.1. The van der Waals surface area contributed by atoms with Crippen molar-refractivity contribution in [2.75, 3.05) is 5.01 Å². The van der Waals surface area contributed by atoms with E-state index in [0.29, 0.717) is 6.54 Å². The third-order valence-electron chi connectivity index (χ3n) is 4.54. The van der Waals surface area contributed by atoms with Gasteiger partial charge in [-0.15, -0.1) is 0 Å². The second-order valence-corrected chi connectivity index (χ2v) is 6.51. The Morgan fingerprint density at radius 3 is 2.31 bits per heavy atom. The molecule has 0 N–H and O–H groups in total. The van der Waals surface area contributed by atoms with Crippen LogP contribution >= 0.6 is 0 Å². The van der Waals surface area contributed by atoms with Crippen LogP contribution in [0, 0.1) is 6.92 Å². The third-order valence-corrected chi connectivity index (χ3v) is 4.54. The zero-order valence-electron chi connectivity index (χ0n) is 14.8. The van der Waals surface area contributed by atoms with Crippen LogP contribution in [-0.4, -0.2) is 21.4 Å². The molecule has 0 saturated carbocycles. The van der Waals surface area contributed by atoms with E-state index in [0.717, 1.165) is 28.4 Å². The van der Waals surface area contributed by atoms with Crippen LogP contribution in [-0.2, 0) is 11.3 Å². The number of anilines is 1. The Labute approximate surface area is 152 Å². The van der Waals surface area contributed by atoms with E-state index in [1.807, 2.05) is 73.1 Å². The molecule has 0 saturated heterocycles. The largest absolute Gasteiger partial charge is 0.271 e. The minimum atomic E-state index is -0.403. The SMILES string of the molecule is CC1=NN(c2ccccc2)C(=O)C1c1cc(C)nn1Cc1ccccc1. The molecule has 130 valence electrons. The summed E-state index contributed by atoms with van der Waals surface area (Å²) < 4.78 is 1.92. The van der Waals surface area contributed by atoms with Crippen molar-refractivity contribution in [1.29, 1.82) is 0 Å². The average molecular weight is 344 g/mol. The maximum Gasteiger partial charge on any atom is 0.262 e. The van der Waals surface area contributed by atoms with Gasteiger partial charge >= 0.3 is 0 Å². The summed E-state index contributed by atoms with van der Waals surface area (Å²) in [5.74, 6) is -0.442. The van der Waals surface area contributed by atoms with Crippen molar-refractivity contribution in [2.45, 2.75) is 26.3 Å². The first-order chi connectivity index (χ1) is 12.6. The molecular formula is C21H20N4O. The van der Waals surface area contributed by atoms with Crippen molar-refractivity contribution >= 4 is 17.3 Å². The molecule has 1 unspecified atom stereocenters. The van der Waals surface area contributed by atoms with Crippen LogP contribution in [0.5, 0.6) is 0 Å². The molecule has 1 aromatic heterocycles. The fourth-order valence-electron chi connectivity index (χ4n) is 3.34. The van der Waals surface area contributed by atoms with Crippen LogP contribution in [0.15, 0.2) is 71.8 Å². The highest BCUT2D eigenvalue weighted by atomic mass is 16.2. The lowest BCUT2D eigenvalue weighted by Crippen LogP contribution is -2.27. The molecule has 2 aromatic carbocycles. The van der Waals surface area contributed by atoms with Gasteiger partial charge in [-0.25, -0.2) is 0 Å². The summed E-state index contributed by atoms with van der Waals surface area (Å²) in [6.07, 6.45) is 0. The summed E-state index contributed by atoms with van der Waals surface area (Å²) in [5, 5.41) is 10.6. The number of carbonyl (C=O) groups is 1. The molecule has 5 nitrogen and oxygen atoms in total. The van der Waals surface area contributed by atoms with Gasteiger partial charge in [0.1, 0.15) is 5.92 Å². The van der Waals surface area contributed by atoms with Crippen LogP contribution in [0.3, 0.4) is 0 Å². The molecule has 2 heterocycles. The summed E-state index contributed by atoms with van der Waals surface area (Å²) in [5.41, 5.74) is 4.50. The number of rotatable bonds is 4. The smallest absolute Gasteiger partial charge is 0.262 e. The standard InChI is InChI=1S/C21H20N4O/c1-15-13-19(24(22-15)14-17-9-5-3-6-10-17)20-16(2)23-25(21(20)26)18-11-7-4-8-12-18/h3-13,20H,14H2,1-2H3. The molecule has 3 aromatic rings. The van der Waals surface area contributed by atoms with Gasteiger partial charge < -0.3 is 0 Å². The van der Waals surface area contributed by atoms with E-state index < -0.39 is 5.92 Å². The second-order valence-electron chi connectivity index (χ2n) is 6.51. The number of nitrogens with zero attached hydrogens (tertiary/aromatic N) is 4. The Balaban J connectivity index is 1.68. The minimum Gasteiger partial charge on any atom is -0.271 e. The number of aryl methyl sites for hydroxylation is 1. The van der Waals surface area contributed by atoms with Gasteiger partial charge in [-0.3, -0.25) is 9.48 Å². The molecule has 1 atom stereocenters. The average Bonchev–Trinajstić information content (AvgIpc) is 3.15. The molecule has 4 rings (SSSR count). The first-order valence-corrected chi connectivity index (χ1v) is 8.66. The second kappa shape index (κ2) is 6.59. The predicted molar refractivity (Wildman–Crippen MR) is 102 cm³/mol. The van der Waals surface area contributed by atoms with Gasteiger partial charge in [0.2, 0.25) is 0 Å². The number of amides is 1. The first kappa shape index (κ1) is 16.3. The van der Waals surface area contributed by atoms with Crippen molar-refractivity contribution in [3.8, 4) is 0 Å². The number of hydrazone groups is 1. The van der Waals surface area contributed by atoms with E-state index in [4.69, 9.17) is 0 Å². The van der Waals surface area contributed by atoms with Crippen LogP contribution < -0.4 is 5.01 Å². The summed E-state index contributed by atoms with van der Waals surface area (Å²) >= 11 is 0. The summed E-state index contributed by atoms with van der Waals surface area (Å²) in [7, 11) is 0. The van der Waals surface area contributed by atoms with Crippen molar-refractivity contribution in [3.63, 3.8) is 0 Å². The Morgan fingerprint density at radius 1 is 0.962 bits per heavy atom. The predicted octanol–water partition coefficient (Wildman–Crippen LogP) is 3.75. The monoisotopic (exact) mass is 344 g/mol. The van der Waals surface area contributed by atoms with E-state index in [1.165, 1.54) is 5.01 Å². The Kier molecular flexibility index (Phi) is 4.13. The molecule has 0 bridgehead atoms. The summed E-state index contributed by atoms with van der Waals surface area (Å²) in [6.45, 7) is 4.49. The Hall–Kier alpha value is -3.21. The van der Waals surface area contributed by atoms with Gasteiger partial charge in [-0.2, -0.15) is 15.2 Å². The van der Waals surface area contributed by atoms with Crippen molar-refractivity contribution in [2.24, 2.45) is 5.10 Å². The minimum absolute atomic E-state index is 0.0390. The highest BCUT2D eigenvalue weighted by Gasteiger charge is 2.37. The fourth-order valence-corrected chi connectivity index (χ4v) is 3.34. The molecular weight excluding hydrogens is 324 g/mol. The van der Waals surface area contributed by atoms with Crippen LogP contribution in [0.4, 0.5) is 5.69 Å². The van der Waals surface area contributed by atoms with E-state index in [-0.39, 0.29) is 5.91 Å². The first-order valence-electron chi connectivity index (χ1n) is 8.66. The van der Waals surface area contributed by atoms with Gasteiger partial charge in [0.15, 0.2) is 0 Å². The molecule has 1 amide bonds. The van der Waals surface area contributed by atoms with Gasteiger partial charge in [-0.05, 0) is 37.6 Å². The van der Waals surface area contributed by atoms with Crippen LogP contribution in [0.2, 0.25) is 0 Å². The van der Waals surface area contributed by atoms with E-state index in [2.05, 4.69) is 22.3 Å². The van der Waals surface area contributed by atoms with E-state index in [1.54, 1.807) is 0 Å². The lowest BCUT2D eigenvalue weighted by Gasteiger charge is -2.15. The van der Waals surface area contributed by atoms with Gasteiger partial charge in [0.25, 0.3) is 5.91 Å². The number of hydrogen-bond donors (Lipinski definition) is 0. The number of aromatic nitrogens is 2. The number of hydrogen-bond acceptors (Lipinski definition) is 3. The fraction of sp³-hybridized carbons (Fsp3) is 0.190. The molecule has 26 heavy (non-hydrogen) atoms. The van der Waals surface area contributed by atoms with Crippen molar-refractivity contribution in [1.82, 2.24) is 9.78 Å². The maximum absolute atomic E-state index is 13.1. The van der Waals surface area contributed by atoms with Crippen LogP contribution in [0.25, 0.3) is 0 Å². The quantitative estimate of drug-likeness (QED) is 0.724. The number of para-hydroxylation sites is 1. The normalized spacial score (nSPS) is 16.8. The highest BCUT2D eigenvalue weighted by Crippen LogP contribution is 2.31. The van der Waals surface area contributed by atoms with Gasteiger partial charge in [0.05, 0.1) is 29.3 Å². The van der Waals surface area contributed by atoms with Gasteiger partial charge in [-0.1, -0.05) is 48.5 Å². The zero-order valence-corrected chi connectivity index (χ0v) is 14.8. The molecule has 0 spiro atoms. The van der Waals surface area contributed by atoms with Gasteiger partial charge in [0, 0.05) is 0 Å². The molecule has 0 aliphatic carbocycles. The lowest BCUT2D eigenvalue weighted by molar-refractivity contribution is -0.118. The Bertz CT molecular complexity index is 960.